The van der Waals surface area contributed by atoms with Crippen LogP contribution in [0.4, 0.5) is 17.2 Å². The van der Waals surface area contributed by atoms with Gasteiger partial charge in [-0.25, -0.2) is 9.97 Å². The number of pyridine rings is 1. The van der Waals surface area contributed by atoms with E-state index >= 15 is 0 Å². The lowest BCUT2D eigenvalue weighted by Crippen LogP contribution is -2.43. The molecule has 0 unspecified atom stereocenters. The normalized spacial score (nSPS) is 13.2. The van der Waals surface area contributed by atoms with Gasteiger partial charge in [0.15, 0.2) is 11.5 Å². The minimum absolute atomic E-state index is 0.331. The average Bonchev–Trinajstić information content (AvgIpc) is 2.96. The van der Waals surface area contributed by atoms with Crippen LogP contribution in [0.25, 0.3) is 11.0 Å². The van der Waals surface area contributed by atoms with Crippen LogP contribution in [0.3, 0.4) is 0 Å². The smallest absolute Gasteiger partial charge is 0.212 e. The van der Waals surface area contributed by atoms with Crippen LogP contribution in [0.2, 0.25) is 0 Å². The Balaban J connectivity index is 1.37. The van der Waals surface area contributed by atoms with E-state index < -0.39 is 0 Å². The van der Waals surface area contributed by atoms with Gasteiger partial charge in [0.1, 0.15) is 29.6 Å². The second-order valence-corrected chi connectivity index (χ2v) is 8.42. The number of nitriles is 1. The zero-order valence-electron chi connectivity index (χ0n) is 20.7. The SMILES string of the molecule is COc1ccc(COc2ccc(Nc3ccc4ncc(N5CCNCC5)nc4c3C#N)cc2OC)cn1. The second kappa shape index (κ2) is 11.0. The van der Waals surface area contributed by atoms with Gasteiger partial charge in [-0.3, -0.25) is 4.98 Å². The van der Waals surface area contributed by atoms with E-state index in [9.17, 15) is 5.26 Å². The molecule has 37 heavy (non-hydrogen) atoms. The fraction of sp³-hybridized carbons (Fsp3) is 0.259. The summed E-state index contributed by atoms with van der Waals surface area (Å²) in [6.45, 7) is 3.82. The monoisotopic (exact) mass is 497 g/mol. The fourth-order valence-electron chi connectivity index (χ4n) is 4.13. The van der Waals surface area contributed by atoms with Crippen molar-refractivity contribution in [3.63, 3.8) is 0 Å². The minimum Gasteiger partial charge on any atom is -0.493 e. The Bertz CT molecular complexity index is 1430. The third-order valence-electron chi connectivity index (χ3n) is 6.10. The van der Waals surface area contributed by atoms with Gasteiger partial charge in [-0.1, -0.05) is 0 Å². The van der Waals surface area contributed by atoms with Crippen molar-refractivity contribution in [3.05, 3.63) is 66.0 Å². The van der Waals surface area contributed by atoms with E-state index in [0.29, 0.717) is 46.3 Å². The van der Waals surface area contributed by atoms with Gasteiger partial charge in [-0.2, -0.15) is 5.26 Å². The van der Waals surface area contributed by atoms with Gasteiger partial charge in [-0.05, 0) is 30.3 Å². The molecule has 0 aliphatic carbocycles. The number of anilines is 3. The molecule has 4 aromatic rings. The molecule has 3 heterocycles. The first-order chi connectivity index (χ1) is 18.2. The Hall–Kier alpha value is -4.62. The van der Waals surface area contributed by atoms with Gasteiger partial charge in [0.2, 0.25) is 5.88 Å². The molecule has 1 aliphatic heterocycles. The average molecular weight is 498 g/mol. The lowest BCUT2D eigenvalue weighted by atomic mass is 10.1. The first-order valence-electron chi connectivity index (χ1n) is 11.9. The first-order valence-corrected chi connectivity index (χ1v) is 11.9. The maximum atomic E-state index is 10.0. The van der Waals surface area contributed by atoms with Crippen LogP contribution >= 0.6 is 0 Å². The van der Waals surface area contributed by atoms with Crippen molar-refractivity contribution in [2.75, 3.05) is 50.6 Å². The summed E-state index contributed by atoms with van der Waals surface area (Å²) in [7, 11) is 3.17. The zero-order chi connectivity index (χ0) is 25.6. The van der Waals surface area contributed by atoms with Crippen LogP contribution in [0.1, 0.15) is 11.1 Å². The van der Waals surface area contributed by atoms with E-state index in [1.807, 2.05) is 36.4 Å². The molecule has 0 bridgehead atoms. The number of fused-ring (bicyclic) bond motifs is 1. The predicted molar refractivity (Wildman–Crippen MR) is 141 cm³/mol. The van der Waals surface area contributed by atoms with E-state index in [-0.39, 0.29) is 0 Å². The van der Waals surface area contributed by atoms with E-state index in [4.69, 9.17) is 19.2 Å². The molecule has 0 radical (unpaired) electrons. The molecule has 0 amide bonds. The van der Waals surface area contributed by atoms with Gasteiger partial charge in [0.25, 0.3) is 0 Å². The standard InChI is InChI=1S/C27H27N7O3/c1-35-24-13-19(4-7-23(24)37-17-18-3-8-26(36-2)31-15-18)32-21-5-6-22-27(20(21)14-28)33-25(16-30-22)34-11-9-29-10-12-34/h3-8,13,15-16,29,32H,9-12,17H2,1-2H3. The lowest BCUT2D eigenvalue weighted by molar-refractivity contribution is 0.284. The molecule has 5 rings (SSSR count). The van der Waals surface area contributed by atoms with Crippen molar-refractivity contribution in [2.24, 2.45) is 0 Å². The second-order valence-electron chi connectivity index (χ2n) is 8.42. The highest BCUT2D eigenvalue weighted by Crippen LogP contribution is 2.34. The van der Waals surface area contributed by atoms with Crippen LogP contribution in [0.5, 0.6) is 17.4 Å². The number of rotatable bonds is 8. The third-order valence-corrected chi connectivity index (χ3v) is 6.10. The molecule has 188 valence electrons. The van der Waals surface area contributed by atoms with Crippen LogP contribution in [-0.2, 0) is 6.61 Å². The largest absolute Gasteiger partial charge is 0.493 e. The Morgan fingerprint density at radius 1 is 1.00 bits per heavy atom. The molecule has 1 aliphatic rings. The summed E-state index contributed by atoms with van der Waals surface area (Å²) in [5.74, 6) is 2.48. The maximum absolute atomic E-state index is 10.0. The Labute approximate surface area is 214 Å². The Morgan fingerprint density at radius 2 is 1.86 bits per heavy atom. The highest BCUT2D eigenvalue weighted by atomic mass is 16.5. The number of hydrogen-bond donors (Lipinski definition) is 2. The highest BCUT2D eigenvalue weighted by molar-refractivity contribution is 5.89. The van der Waals surface area contributed by atoms with Crippen molar-refractivity contribution in [3.8, 4) is 23.4 Å². The van der Waals surface area contributed by atoms with Gasteiger partial charge < -0.3 is 29.7 Å². The van der Waals surface area contributed by atoms with Crippen LogP contribution in [0, 0.1) is 11.3 Å². The molecular weight excluding hydrogens is 470 g/mol. The van der Waals surface area contributed by atoms with Crippen molar-refractivity contribution in [1.29, 1.82) is 5.26 Å². The van der Waals surface area contributed by atoms with Gasteiger partial charge in [0.05, 0.1) is 31.6 Å². The van der Waals surface area contributed by atoms with Gasteiger partial charge >= 0.3 is 0 Å². The molecule has 0 spiro atoms. The summed E-state index contributed by atoms with van der Waals surface area (Å²) >= 11 is 0. The van der Waals surface area contributed by atoms with Crippen molar-refractivity contribution in [1.82, 2.24) is 20.3 Å². The van der Waals surface area contributed by atoms with E-state index in [2.05, 4.69) is 31.6 Å². The minimum atomic E-state index is 0.331. The quantitative estimate of drug-likeness (QED) is 0.373. The number of hydrogen-bond acceptors (Lipinski definition) is 10. The third kappa shape index (κ3) is 5.32. The number of benzene rings is 2. The van der Waals surface area contributed by atoms with Crippen molar-refractivity contribution >= 4 is 28.2 Å². The number of piperazine rings is 1. The summed E-state index contributed by atoms with van der Waals surface area (Å²) in [6.07, 6.45) is 3.48. The molecule has 10 nitrogen and oxygen atoms in total. The number of nitrogens with zero attached hydrogens (tertiary/aromatic N) is 5. The van der Waals surface area contributed by atoms with Gasteiger partial charge in [0, 0.05) is 55.8 Å². The summed E-state index contributed by atoms with van der Waals surface area (Å²) in [4.78, 5) is 15.7. The van der Waals surface area contributed by atoms with E-state index in [1.165, 1.54) is 0 Å². The van der Waals surface area contributed by atoms with Crippen LogP contribution in [-0.4, -0.2) is 55.4 Å². The molecular formula is C27H27N7O3. The first kappa shape index (κ1) is 24.1. The van der Waals surface area contributed by atoms with Crippen molar-refractivity contribution < 1.29 is 14.2 Å². The molecule has 1 saturated heterocycles. The molecule has 2 aromatic heterocycles. The topological polar surface area (TPSA) is 117 Å². The fourth-order valence-corrected chi connectivity index (χ4v) is 4.13. The maximum Gasteiger partial charge on any atom is 0.212 e. The zero-order valence-corrected chi connectivity index (χ0v) is 20.7. The summed E-state index contributed by atoms with van der Waals surface area (Å²) in [5, 5.41) is 16.7. The lowest BCUT2D eigenvalue weighted by Gasteiger charge is -2.28. The Morgan fingerprint density at radius 3 is 2.59 bits per heavy atom. The molecule has 10 heteroatoms. The summed E-state index contributed by atoms with van der Waals surface area (Å²) in [6, 6.07) is 15.2. The van der Waals surface area contributed by atoms with E-state index in [0.717, 1.165) is 43.2 Å². The molecule has 0 saturated carbocycles. The molecule has 0 atom stereocenters. The molecule has 1 fully saturated rings. The van der Waals surface area contributed by atoms with Gasteiger partial charge in [-0.15, -0.1) is 0 Å². The summed E-state index contributed by atoms with van der Waals surface area (Å²) in [5.41, 5.74) is 3.98. The van der Waals surface area contributed by atoms with Crippen LogP contribution in [0.15, 0.2) is 54.9 Å². The van der Waals surface area contributed by atoms with Crippen LogP contribution < -0.4 is 29.7 Å². The number of nitrogens with one attached hydrogen (secondary N) is 2. The molecule has 2 aromatic carbocycles. The number of aromatic nitrogens is 3. The summed E-state index contributed by atoms with van der Waals surface area (Å²) < 4.78 is 16.6. The highest BCUT2D eigenvalue weighted by Gasteiger charge is 2.16. The van der Waals surface area contributed by atoms with E-state index in [1.54, 1.807) is 32.7 Å². The predicted octanol–water partition coefficient (Wildman–Crippen LogP) is 3.65. The Kier molecular flexibility index (Phi) is 7.14. The number of methoxy groups -OCH3 is 2. The molecule has 2 N–H and O–H groups in total. The van der Waals surface area contributed by atoms with Crippen molar-refractivity contribution in [2.45, 2.75) is 6.61 Å². The number of ether oxygens (including phenoxy) is 3.